The van der Waals surface area contributed by atoms with E-state index in [1.54, 1.807) is 30.5 Å². The van der Waals surface area contributed by atoms with Gasteiger partial charge in [0.2, 0.25) is 0 Å². The maximum Gasteiger partial charge on any atom is 0.382 e. The average Bonchev–Trinajstić information content (AvgIpc) is 3.03. The maximum absolute atomic E-state index is 12.1. The van der Waals surface area contributed by atoms with Gasteiger partial charge in [0.25, 0.3) is 0 Å². The van der Waals surface area contributed by atoms with Crippen molar-refractivity contribution in [3.8, 4) is 0 Å². The number of aromatic amines is 1. The molecule has 2 atom stereocenters. The quantitative estimate of drug-likeness (QED) is 0.444. The van der Waals surface area contributed by atoms with E-state index in [1.807, 2.05) is 30.3 Å². The Morgan fingerprint density at radius 1 is 1.12 bits per heavy atom. The first kappa shape index (κ1) is 15.7. The Bertz CT molecular complexity index is 873. The highest BCUT2D eigenvalue weighted by atomic mass is 16.6. The molecule has 0 unspecified atom stereocenters. The van der Waals surface area contributed by atoms with Crippen LogP contribution >= 0.6 is 0 Å². The van der Waals surface area contributed by atoms with Crippen LogP contribution in [0.1, 0.15) is 17.0 Å². The molecule has 0 spiro atoms. The molecule has 3 rings (SSSR count). The normalized spacial score (nSPS) is 13.4. The summed E-state index contributed by atoms with van der Waals surface area (Å²) in [5, 5.41) is 12.5. The molecule has 0 saturated heterocycles. The molecular formula is C18H16N2O4. The van der Waals surface area contributed by atoms with Crippen molar-refractivity contribution in [3.05, 3.63) is 82.0 Å². The van der Waals surface area contributed by atoms with Gasteiger partial charge in [0, 0.05) is 22.0 Å². The third-order valence-electron chi connectivity index (χ3n) is 4.10. The standard InChI is InChI=1S/C18H16N2O4/c1-24-18(21)17(20(22)23)16(12-7-3-2-4-8-12)14-11-19-15-10-6-5-9-13(14)15/h2-11,16-17,19H,1H3/t16-,17+/m0/s1. The molecule has 6 nitrogen and oxygen atoms in total. The molecule has 3 aromatic rings. The van der Waals surface area contributed by atoms with Gasteiger partial charge in [-0.15, -0.1) is 0 Å². The Morgan fingerprint density at radius 2 is 1.79 bits per heavy atom. The van der Waals surface area contributed by atoms with E-state index in [4.69, 9.17) is 4.74 Å². The fourth-order valence-electron chi connectivity index (χ4n) is 3.01. The van der Waals surface area contributed by atoms with Crippen LogP contribution in [-0.4, -0.2) is 29.0 Å². The zero-order valence-electron chi connectivity index (χ0n) is 13.0. The summed E-state index contributed by atoms with van der Waals surface area (Å²) >= 11 is 0. The summed E-state index contributed by atoms with van der Waals surface area (Å²) in [5.74, 6) is -1.61. The van der Waals surface area contributed by atoms with Gasteiger partial charge in [-0.1, -0.05) is 48.5 Å². The molecule has 1 heterocycles. The number of benzene rings is 2. The van der Waals surface area contributed by atoms with E-state index in [9.17, 15) is 14.9 Å². The van der Waals surface area contributed by atoms with Crippen molar-refractivity contribution in [2.75, 3.05) is 7.11 Å². The lowest BCUT2D eigenvalue weighted by Crippen LogP contribution is -2.37. The minimum Gasteiger partial charge on any atom is -0.464 e. The van der Waals surface area contributed by atoms with Crippen molar-refractivity contribution in [1.29, 1.82) is 0 Å². The van der Waals surface area contributed by atoms with Gasteiger partial charge in [-0.2, -0.15) is 0 Å². The number of ether oxygens (including phenoxy) is 1. The van der Waals surface area contributed by atoms with Crippen molar-refractivity contribution < 1.29 is 14.5 Å². The van der Waals surface area contributed by atoms with Crippen LogP contribution in [0.25, 0.3) is 10.9 Å². The van der Waals surface area contributed by atoms with Crippen LogP contribution < -0.4 is 0 Å². The van der Waals surface area contributed by atoms with E-state index >= 15 is 0 Å². The second-order valence-corrected chi connectivity index (χ2v) is 5.43. The smallest absolute Gasteiger partial charge is 0.382 e. The molecule has 0 aliphatic heterocycles. The molecule has 122 valence electrons. The number of hydrogen-bond acceptors (Lipinski definition) is 4. The van der Waals surface area contributed by atoms with Crippen LogP contribution in [0.2, 0.25) is 0 Å². The lowest BCUT2D eigenvalue weighted by Gasteiger charge is -2.19. The Morgan fingerprint density at radius 3 is 2.46 bits per heavy atom. The minimum atomic E-state index is -1.52. The Labute approximate surface area is 138 Å². The molecule has 24 heavy (non-hydrogen) atoms. The number of fused-ring (bicyclic) bond motifs is 1. The fourth-order valence-corrected chi connectivity index (χ4v) is 3.01. The summed E-state index contributed by atoms with van der Waals surface area (Å²) in [4.78, 5) is 26.3. The first-order chi connectivity index (χ1) is 11.6. The summed E-state index contributed by atoms with van der Waals surface area (Å²) in [6.07, 6.45) is 1.72. The molecule has 0 bridgehead atoms. The molecule has 0 amide bonds. The van der Waals surface area contributed by atoms with Crippen LogP contribution in [0.4, 0.5) is 0 Å². The molecule has 1 aromatic heterocycles. The molecule has 0 radical (unpaired) electrons. The lowest BCUT2D eigenvalue weighted by atomic mass is 9.85. The van der Waals surface area contributed by atoms with Gasteiger partial charge < -0.3 is 9.72 Å². The lowest BCUT2D eigenvalue weighted by molar-refractivity contribution is -0.512. The van der Waals surface area contributed by atoms with Gasteiger partial charge in [-0.25, -0.2) is 4.79 Å². The summed E-state index contributed by atoms with van der Waals surface area (Å²) in [7, 11) is 1.16. The van der Waals surface area contributed by atoms with Crippen LogP contribution in [0.15, 0.2) is 60.8 Å². The number of esters is 1. The Balaban J connectivity index is 2.22. The predicted molar refractivity (Wildman–Crippen MR) is 89.4 cm³/mol. The number of rotatable bonds is 5. The van der Waals surface area contributed by atoms with Gasteiger partial charge in [0.05, 0.1) is 13.0 Å². The van der Waals surface area contributed by atoms with Crippen molar-refractivity contribution in [3.63, 3.8) is 0 Å². The van der Waals surface area contributed by atoms with E-state index in [2.05, 4.69) is 4.98 Å². The number of para-hydroxylation sites is 1. The highest BCUT2D eigenvalue weighted by Crippen LogP contribution is 2.34. The predicted octanol–water partition coefficient (Wildman–Crippen LogP) is 3.12. The van der Waals surface area contributed by atoms with Crippen molar-refractivity contribution in [1.82, 2.24) is 4.98 Å². The topological polar surface area (TPSA) is 85.2 Å². The van der Waals surface area contributed by atoms with E-state index in [-0.39, 0.29) is 0 Å². The van der Waals surface area contributed by atoms with Gasteiger partial charge >= 0.3 is 12.0 Å². The molecule has 0 fully saturated rings. The van der Waals surface area contributed by atoms with Crippen LogP contribution in [0.3, 0.4) is 0 Å². The summed E-state index contributed by atoms with van der Waals surface area (Å²) in [5.41, 5.74) is 2.25. The summed E-state index contributed by atoms with van der Waals surface area (Å²) in [6, 6.07) is 15.0. The number of nitro groups is 1. The van der Waals surface area contributed by atoms with E-state index in [0.717, 1.165) is 18.0 Å². The van der Waals surface area contributed by atoms with E-state index in [0.29, 0.717) is 11.1 Å². The van der Waals surface area contributed by atoms with E-state index in [1.165, 1.54) is 0 Å². The number of carbonyl (C=O) groups is 1. The van der Waals surface area contributed by atoms with E-state index < -0.39 is 22.9 Å². The highest BCUT2D eigenvalue weighted by Gasteiger charge is 2.42. The first-order valence-electron chi connectivity index (χ1n) is 7.45. The SMILES string of the molecule is COC(=O)[C@@H]([C@@H](c1ccccc1)c1c[nH]c2ccccc12)[N+](=O)[O-]. The molecule has 1 N–H and O–H groups in total. The third-order valence-corrected chi connectivity index (χ3v) is 4.10. The van der Waals surface area contributed by atoms with Crippen molar-refractivity contribution in [2.45, 2.75) is 12.0 Å². The maximum atomic E-state index is 12.1. The van der Waals surface area contributed by atoms with Gasteiger partial charge in [0.15, 0.2) is 0 Å². The zero-order chi connectivity index (χ0) is 17.1. The molecule has 0 aliphatic carbocycles. The number of hydrogen-bond donors (Lipinski definition) is 1. The second kappa shape index (κ2) is 6.54. The van der Waals surface area contributed by atoms with Crippen molar-refractivity contribution in [2.24, 2.45) is 0 Å². The first-order valence-corrected chi connectivity index (χ1v) is 7.45. The molecule has 2 aromatic carbocycles. The summed E-state index contributed by atoms with van der Waals surface area (Å²) in [6.45, 7) is 0. The third kappa shape index (κ3) is 2.74. The van der Waals surface area contributed by atoms with Gasteiger partial charge in [-0.3, -0.25) is 10.1 Å². The second-order valence-electron chi connectivity index (χ2n) is 5.43. The molecular weight excluding hydrogens is 308 g/mol. The molecule has 0 saturated carbocycles. The number of nitrogens with zero attached hydrogens (tertiary/aromatic N) is 1. The van der Waals surface area contributed by atoms with Crippen LogP contribution in [0, 0.1) is 10.1 Å². The average molecular weight is 324 g/mol. The summed E-state index contributed by atoms with van der Waals surface area (Å²) < 4.78 is 4.70. The Kier molecular flexibility index (Phi) is 4.29. The molecule has 6 heteroatoms. The van der Waals surface area contributed by atoms with Crippen molar-refractivity contribution >= 4 is 16.9 Å². The molecule has 0 aliphatic rings. The van der Waals surface area contributed by atoms with Crippen LogP contribution in [-0.2, 0) is 9.53 Å². The number of methoxy groups -OCH3 is 1. The monoisotopic (exact) mass is 324 g/mol. The highest BCUT2D eigenvalue weighted by molar-refractivity contribution is 5.86. The fraction of sp³-hybridized carbons (Fsp3) is 0.167. The van der Waals surface area contributed by atoms with Gasteiger partial charge in [-0.05, 0) is 17.2 Å². The minimum absolute atomic E-state index is 0.578. The number of H-pyrrole nitrogens is 1. The number of carbonyl (C=O) groups excluding carboxylic acids is 1. The Hall–Kier alpha value is -3.15. The number of aromatic nitrogens is 1. The van der Waals surface area contributed by atoms with Gasteiger partial charge in [0.1, 0.15) is 0 Å². The van der Waals surface area contributed by atoms with Crippen LogP contribution in [0.5, 0.6) is 0 Å². The number of nitrogens with one attached hydrogen (secondary N) is 1. The zero-order valence-corrected chi connectivity index (χ0v) is 13.0. The largest absolute Gasteiger partial charge is 0.464 e.